The summed E-state index contributed by atoms with van der Waals surface area (Å²) in [5, 5.41) is 5.49. The maximum Gasteiger partial charge on any atom is 0.274 e. The van der Waals surface area contributed by atoms with Crippen molar-refractivity contribution in [3.63, 3.8) is 0 Å². The predicted octanol–water partition coefficient (Wildman–Crippen LogP) is 4.18. The first kappa shape index (κ1) is 20.7. The zero-order valence-electron chi connectivity index (χ0n) is 16.4. The van der Waals surface area contributed by atoms with Crippen molar-refractivity contribution in [1.82, 2.24) is 19.6 Å². The van der Waals surface area contributed by atoms with Crippen molar-refractivity contribution in [3.05, 3.63) is 82.1 Å². The third kappa shape index (κ3) is 5.14. The van der Waals surface area contributed by atoms with Crippen LogP contribution in [0.15, 0.2) is 60.8 Å². The fourth-order valence-electron chi connectivity index (χ4n) is 3.37. The summed E-state index contributed by atoms with van der Waals surface area (Å²) >= 11 is 12.1. The van der Waals surface area contributed by atoms with Crippen molar-refractivity contribution >= 4 is 29.1 Å². The van der Waals surface area contributed by atoms with E-state index in [1.165, 1.54) is 0 Å². The number of ether oxygens (including phenoxy) is 1. The molecule has 0 spiro atoms. The van der Waals surface area contributed by atoms with Gasteiger partial charge >= 0.3 is 0 Å². The molecule has 0 atom stereocenters. The minimum Gasteiger partial charge on any atom is -0.471 e. The molecule has 8 heteroatoms. The number of hydrogen-bond acceptors (Lipinski definition) is 4. The molecule has 0 saturated carbocycles. The van der Waals surface area contributed by atoms with Gasteiger partial charge in [0.2, 0.25) is 0 Å². The molecule has 1 aliphatic heterocycles. The smallest absolute Gasteiger partial charge is 0.274 e. The highest BCUT2D eigenvalue weighted by Crippen LogP contribution is 2.23. The maximum atomic E-state index is 12.8. The van der Waals surface area contributed by atoms with E-state index < -0.39 is 0 Å². The van der Waals surface area contributed by atoms with Crippen molar-refractivity contribution in [2.75, 3.05) is 26.2 Å². The Morgan fingerprint density at radius 1 is 0.967 bits per heavy atom. The van der Waals surface area contributed by atoms with Crippen molar-refractivity contribution in [3.8, 4) is 5.75 Å². The zero-order valence-corrected chi connectivity index (χ0v) is 17.9. The van der Waals surface area contributed by atoms with E-state index in [1.54, 1.807) is 16.9 Å². The highest BCUT2D eigenvalue weighted by molar-refractivity contribution is 6.42. The summed E-state index contributed by atoms with van der Waals surface area (Å²) in [5.74, 6) is 0.710. The Morgan fingerprint density at radius 2 is 1.73 bits per heavy atom. The van der Waals surface area contributed by atoms with E-state index in [0.717, 1.165) is 30.9 Å². The lowest BCUT2D eigenvalue weighted by Crippen LogP contribution is -2.48. The molecular weight excluding hydrogens is 423 g/mol. The molecule has 1 saturated heterocycles. The summed E-state index contributed by atoms with van der Waals surface area (Å²) in [6, 6.07) is 16.9. The van der Waals surface area contributed by atoms with E-state index >= 15 is 0 Å². The molecule has 1 fully saturated rings. The van der Waals surface area contributed by atoms with Crippen LogP contribution in [-0.2, 0) is 13.3 Å². The maximum absolute atomic E-state index is 12.8. The fourth-order valence-corrected chi connectivity index (χ4v) is 3.69. The second kappa shape index (κ2) is 9.51. The first-order valence-corrected chi connectivity index (χ1v) is 10.5. The minimum atomic E-state index is -0.0531. The molecule has 6 nitrogen and oxygen atoms in total. The molecule has 1 amide bonds. The van der Waals surface area contributed by atoms with Crippen LogP contribution < -0.4 is 4.74 Å². The van der Waals surface area contributed by atoms with Crippen LogP contribution >= 0.6 is 23.2 Å². The predicted molar refractivity (Wildman–Crippen MR) is 117 cm³/mol. The van der Waals surface area contributed by atoms with Gasteiger partial charge in [-0.2, -0.15) is 5.10 Å². The number of rotatable bonds is 6. The first-order valence-electron chi connectivity index (χ1n) is 9.75. The largest absolute Gasteiger partial charge is 0.471 e. The molecule has 2 aromatic carbocycles. The Labute approximate surface area is 185 Å². The molecule has 0 unspecified atom stereocenters. The summed E-state index contributed by atoms with van der Waals surface area (Å²) in [7, 11) is 0. The van der Waals surface area contributed by atoms with E-state index in [2.05, 4.69) is 10.00 Å². The number of carbonyl (C=O) groups excluding carboxylic acids is 1. The Kier molecular flexibility index (Phi) is 6.57. The normalized spacial score (nSPS) is 14.7. The molecule has 2 heterocycles. The number of halogens is 2. The zero-order chi connectivity index (χ0) is 20.9. The number of amides is 1. The minimum absolute atomic E-state index is 0.0531. The van der Waals surface area contributed by atoms with Gasteiger partial charge in [0, 0.05) is 38.9 Å². The molecule has 0 aliphatic carbocycles. The number of piperazine rings is 1. The lowest BCUT2D eigenvalue weighted by atomic mass is 10.2. The van der Waals surface area contributed by atoms with Gasteiger partial charge in [-0.05, 0) is 35.9 Å². The summed E-state index contributed by atoms with van der Waals surface area (Å²) in [6.45, 7) is 3.95. The van der Waals surface area contributed by atoms with Crippen molar-refractivity contribution in [2.45, 2.75) is 13.3 Å². The number of para-hydroxylation sites is 1. The van der Waals surface area contributed by atoms with Crippen molar-refractivity contribution < 1.29 is 9.53 Å². The van der Waals surface area contributed by atoms with Gasteiger partial charge < -0.3 is 9.64 Å². The summed E-state index contributed by atoms with van der Waals surface area (Å²) in [6.07, 6.45) is 1.76. The molecule has 4 rings (SSSR count). The summed E-state index contributed by atoms with van der Waals surface area (Å²) < 4.78 is 7.29. The van der Waals surface area contributed by atoms with Crippen LogP contribution in [0.4, 0.5) is 0 Å². The molecule has 0 bridgehead atoms. The standard InChI is InChI=1S/C22H22Cl2N4O2/c23-19-7-6-17(14-20(19)24)15-26-10-12-27(13-11-26)22(29)21-8-9-28(25-21)16-30-18-4-2-1-3-5-18/h1-9,14H,10-13,15-16H2. The number of hydrogen-bond donors (Lipinski definition) is 0. The summed E-state index contributed by atoms with van der Waals surface area (Å²) in [5.41, 5.74) is 1.55. The first-order chi connectivity index (χ1) is 14.6. The molecule has 156 valence electrons. The quantitative estimate of drug-likeness (QED) is 0.571. The Balaban J connectivity index is 1.28. The second-order valence-corrected chi connectivity index (χ2v) is 7.96. The Morgan fingerprint density at radius 3 is 2.47 bits per heavy atom. The number of benzene rings is 2. The van der Waals surface area contributed by atoms with Gasteiger partial charge in [0.25, 0.3) is 5.91 Å². The van der Waals surface area contributed by atoms with Gasteiger partial charge in [0.1, 0.15) is 5.75 Å². The molecule has 3 aromatic rings. The van der Waals surface area contributed by atoms with Gasteiger partial charge in [-0.15, -0.1) is 0 Å². The topological polar surface area (TPSA) is 50.6 Å². The molecular formula is C22H22Cl2N4O2. The van der Waals surface area contributed by atoms with Crippen LogP contribution in [0, 0.1) is 0 Å². The number of carbonyl (C=O) groups is 1. The van der Waals surface area contributed by atoms with Gasteiger partial charge in [-0.25, -0.2) is 4.68 Å². The van der Waals surface area contributed by atoms with Gasteiger partial charge in [0.15, 0.2) is 12.4 Å². The van der Waals surface area contributed by atoms with Crippen LogP contribution in [0.1, 0.15) is 16.1 Å². The molecule has 0 N–H and O–H groups in total. The molecule has 1 aliphatic rings. The third-order valence-corrected chi connectivity index (χ3v) is 5.76. The van der Waals surface area contributed by atoms with Crippen LogP contribution in [0.25, 0.3) is 0 Å². The van der Waals surface area contributed by atoms with Crippen LogP contribution in [0.5, 0.6) is 5.75 Å². The lowest BCUT2D eigenvalue weighted by Gasteiger charge is -2.34. The Bertz CT molecular complexity index is 1000. The van der Waals surface area contributed by atoms with Gasteiger partial charge in [0.05, 0.1) is 10.0 Å². The fraction of sp³-hybridized carbons (Fsp3) is 0.273. The average molecular weight is 445 g/mol. The number of aromatic nitrogens is 2. The molecule has 30 heavy (non-hydrogen) atoms. The molecule has 0 radical (unpaired) electrons. The third-order valence-electron chi connectivity index (χ3n) is 5.02. The second-order valence-electron chi connectivity index (χ2n) is 7.14. The van der Waals surface area contributed by atoms with Crippen LogP contribution in [0.2, 0.25) is 10.0 Å². The number of nitrogens with zero attached hydrogens (tertiary/aromatic N) is 4. The van der Waals surface area contributed by atoms with Crippen LogP contribution in [0.3, 0.4) is 0 Å². The van der Waals surface area contributed by atoms with E-state index in [1.807, 2.05) is 53.4 Å². The van der Waals surface area contributed by atoms with E-state index in [9.17, 15) is 4.79 Å². The highest BCUT2D eigenvalue weighted by Gasteiger charge is 2.23. The highest BCUT2D eigenvalue weighted by atomic mass is 35.5. The lowest BCUT2D eigenvalue weighted by molar-refractivity contribution is 0.0621. The van der Waals surface area contributed by atoms with E-state index in [-0.39, 0.29) is 12.6 Å². The molecule has 1 aromatic heterocycles. The Hall–Kier alpha value is -2.54. The van der Waals surface area contributed by atoms with E-state index in [0.29, 0.717) is 28.8 Å². The SMILES string of the molecule is O=C(c1ccn(COc2ccccc2)n1)N1CCN(Cc2ccc(Cl)c(Cl)c2)CC1. The van der Waals surface area contributed by atoms with Gasteiger partial charge in [-0.1, -0.05) is 47.5 Å². The average Bonchev–Trinajstić information content (AvgIpc) is 3.25. The van der Waals surface area contributed by atoms with E-state index in [4.69, 9.17) is 27.9 Å². The summed E-state index contributed by atoms with van der Waals surface area (Å²) in [4.78, 5) is 16.9. The van der Waals surface area contributed by atoms with Crippen LogP contribution in [-0.4, -0.2) is 51.7 Å². The monoisotopic (exact) mass is 444 g/mol. The van der Waals surface area contributed by atoms with Crippen molar-refractivity contribution in [1.29, 1.82) is 0 Å². The van der Waals surface area contributed by atoms with Crippen molar-refractivity contribution in [2.24, 2.45) is 0 Å². The van der Waals surface area contributed by atoms with Gasteiger partial charge in [-0.3, -0.25) is 9.69 Å².